The summed E-state index contributed by atoms with van der Waals surface area (Å²) in [6, 6.07) is 12.4. The lowest BCUT2D eigenvalue weighted by Crippen LogP contribution is -2.27. The molecule has 0 atom stereocenters. The van der Waals surface area contributed by atoms with Crippen LogP contribution in [0.3, 0.4) is 0 Å². The van der Waals surface area contributed by atoms with Gasteiger partial charge in [-0.25, -0.2) is 14.6 Å². The molecule has 1 aromatic heterocycles. The number of methoxy groups -OCH3 is 1. The van der Waals surface area contributed by atoms with E-state index in [1.54, 1.807) is 44.2 Å². The number of nitrogen functional groups attached to an aromatic ring is 1. The summed E-state index contributed by atoms with van der Waals surface area (Å²) in [5, 5.41) is 13.2. The summed E-state index contributed by atoms with van der Waals surface area (Å²) in [5.41, 5.74) is 7.05. The first-order chi connectivity index (χ1) is 22.0. The van der Waals surface area contributed by atoms with Crippen LogP contribution in [0.1, 0.15) is 69.2 Å². The van der Waals surface area contributed by atoms with Crippen molar-refractivity contribution in [1.82, 2.24) is 10.3 Å². The van der Waals surface area contributed by atoms with Crippen LogP contribution in [0.25, 0.3) is 17.2 Å². The zero-order chi connectivity index (χ0) is 33.4. The maximum atomic E-state index is 13.7. The summed E-state index contributed by atoms with van der Waals surface area (Å²) in [5.74, 6) is -1.44. The Bertz CT molecular complexity index is 1670. The molecule has 0 radical (unpaired) electrons. The van der Waals surface area contributed by atoms with E-state index in [0.29, 0.717) is 35.0 Å². The number of carbonyl (C=O) groups excluding carboxylic acids is 4. The van der Waals surface area contributed by atoms with Crippen molar-refractivity contribution in [2.75, 3.05) is 25.8 Å². The Hall–Kier alpha value is -5.72. The van der Waals surface area contributed by atoms with E-state index in [-0.39, 0.29) is 33.9 Å². The Labute approximate surface area is 265 Å². The molecule has 13 nitrogen and oxygen atoms in total. The molecule has 1 saturated carbocycles. The predicted molar refractivity (Wildman–Crippen MR) is 170 cm³/mol. The molecular formula is C33H35N5O8. The fraction of sp³-hybridized carbons (Fsp3) is 0.273. The minimum atomic E-state index is -1.04. The summed E-state index contributed by atoms with van der Waals surface area (Å²) in [6.45, 7) is 6.75. The number of hydrogen-bond donors (Lipinski definition) is 4. The standard InChI is InChI=1S/C33H35N5O8/c1-5-20-14-25(30(39)37-22-10-8-21(9-11-22)29(34)35)24(15-27(20)43-4)23-12-13-26(31(40)36-16-19-6-7-19)38-28(23)32(41)44-17-45-33(42)46-18(2)3/h5,8-15,18-19H,1,6-7,16-17H2,2-4H3,(H3,34,35)(H,36,40)(H,37,39). The molecule has 2 aromatic carbocycles. The molecule has 0 saturated heterocycles. The molecule has 1 aliphatic carbocycles. The number of benzene rings is 2. The zero-order valence-corrected chi connectivity index (χ0v) is 25.7. The largest absolute Gasteiger partial charge is 0.511 e. The second-order valence-electron chi connectivity index (χ2n) is 10.6. The molecule has 240 valence electrons. The van der Waals surface area contributed by atoms with E-state index in [1.807, 2.05) is 0 Å². The van der Waals surface area contributed by atoms with Gasteiger partial charge in [-0.15, -0.1) is 0 Å². The maximum absolute atomic E-state index is 13.7. The van der Waals surface area contributed by atoms with Crippen LogP contribution in [0.5, 0.6) is 5.75 Å². The Morgan fingerprint density at radius 3 is 2.37 bits per heavy atom. The Kier molecular flexibility index (Phi) is 10.7. The van der Waals surface area contributed by atoms with Crippen LogP contribution in [0.4, 0.5) is 10.5 Å². The van der Waals surface area contributed by atoms with Gasteiger partial charge in [-0.05, 0) is 81.1 Å². The van der Waals surface area contributed by atoms with Crippen LogP contribution in [-0.4, -0.2) is 61.3 Å². The van der Waals surface area contributed by atoms with Gasteiger partial charge in [-0.1, -0.05) is 12.7 Å². The van der Waals surface area contributed by atoms with Crippen molar-refractivity contribution in [2.45, 2.75) is 32.8 Å². The first kappa shape index (κ1) is 33.2. The lowest BCUT2D eigenvalue weighted by Gasteiger charge is -2.17. The second-order valence-corrected chi connectivity index (χ2v) is 10.6. The number of ether oxygens (including phenoxy) is 4. The van der Waals surface area contributed by atoms with Crippen molar-refractivity contribution in [2.24, 2.45) is 11.7 Å². The number of esters is 1. The highest BCUT2D eigenvalue weighted by Crippen LogP contribution is 2.35. The SMILES string of the molecule is C=Cc1cc(C(=O)Nc2ccc(C(=N)N)cc2)c(-c2ccc(C(=O)NCC3CC3)nc2C(=O)OCOC(=O)OC(C)C)cc1OC. The van der Waals surface area contributed by atoms with E-state index in [1.165, 1.54) is 31.4 Å². The van der Waals surface area contributed by atoms with Crippen molar-refractivity contribution < 1.29 is 38.1 Å². The van der Waals surface area contributed by atoms with E-state index >= 15 is 0 Å². The number of aromatic nitrogens is 1. The number of amidine groups is 1. The van der Waals surface area contributed by atoms with Crippen molar-refractivity contribution in [3.63, 3.8) is 0 Å². The Morgan fingerprint density at radius 2 is 1.76 bits per heavy atom. The van der Waals surface area contributed by atoms with Gasteiger partial charge in [-0.3, -0.25) is 15.0 Å². The van der Waals surface area contributed by atoms with Crippen molar-refractivity contribution in [3.05, 3.63) is 83.2 Å². The van der Waals surface area contributed by atoms with E-state index < -0.39 is 36.8 Å². The van der Waals surface area contributed by atoms with Gasteiger partial charge in [0.25, 0.3) is 11.8 Å². The average Bonchev–Trinajstić information content (AvgIpc) is 3.87. The van der Waals surface area contributed by atoms with Crippen LogP contribution >= 0.6 is 0 Å². The third kappa shape index (κ3) is 8.46. The third-order valence-corrected chi connectivity index (χ3v) is 6.85. The monoisotopic (exact) mass is 629 g/mol. The number of nitrogens with zero attached hydrogens (tertiary/aromatic N) is 1. The summed E-state index contributed by atoms with van der Waals surface area (Å²) in [6.07, 6.45) is 2.07. The minimum absolute atomic E-state index is 0.0530. The molecule has 1 aliphatic rings. The molecule has 1 heterocycles. The number of carbonyl (C=O) groups is 4. The average molecular weight is 630 g/mol. The van der Waals surface area contributed by atoms with Gasteiger partial charge in [0.1, 0.15) is 17.3 Å². The number of nitrogens with one attached hydrogen (secondary N) is 3. The third-order valence-electron chi connectivity index (χ3n) is 6.85. The molecule has 3 aromatic rings. The highest BCUT2D eigenvalue weighted by atomic mass is 16.8. The van der Waals surface area contributed by atoms with Gasteiger partial charge in [0, 0.05) is 40.0 Å². The van der Waals surface area contributed by atoms with Crippen LogP contribution in [0.2, 0.25) is 0 Å². The number of pyridine rings is 1. The van der Waals surface area contributed by atoms with Crippen molar-refractivity contribution in [3.8, 4) is 16.9 Å². The van der Waals surface area contributed by atoms with Crippen LogP contribution in [0, 0.1) is 11.3 Å². The molecule has 1 fully saturated rings. The van der Waals surface area contributed by atoms with E-state index in [4.69, 9.17) is 30.1 Å². The van der Waals surface area contributed by atoms with Gasteiger partial charge in [-0.2, -0.15) is 0 Å². The molecule has 5 N–H and O–H groups in total. The van der Waals surface area contributed by atoms with Gasteiger partial charge in [0.05, 0.1) is 13.2 Å². The fourth-order valence-electron chi connectivity index (χ4n) is 4.31. The second kappa shape index (κ2) is 14.8. The number of amides is 2. The summed E-state index contributed by atoms with van der Waals surface area (Å²) in [4.78, 5) is 56.1. The number of hydrogen-bond acceptors (Lipinski definition) is 10. The minimum Gasteiger partial charge on any atom is -0.496 e. The molecule has 0 bridgehead atoms. The molecule has 0 spiro atoms. The molecule has 2 amide bonds. The normalized spacial score (nSPS) is 12.1. The lowest BCUT2D eigenvalue weighted by molar-refractivity contribution is -0.0347. The highest BCUT2D eigenvalue weighted by molar-refractivity contribution is 6.11. The van der Waals surface area contributed by atoms with Gasteiger partial charge >= 0.3 is 12.1 Å². The summed E-state index contributed by atoms with van der Waals surface area (Å²) < 4.78 is 20.4. The molecule has 46 heavy (non-hydrogen) atoms. The van der Waals surface area contributed by atoms with E-state index in [0.717, 1.165) is 12.8 Å². The van der Waals surface area contributed by atoms with Crippen LogP contribution < -0.4 is 21.1 Å². The maximum Gasteiger partial charge on any atom is 0.511 e. The zero-order valence-electron chi connectivity index (χ0n) is 25.7. The van der Waals surface area contributed by atoms with Gasteiger partial charge in [0.15, 0.2) is 5.69 Å². The fourth-order valence-corrected chi connectivity index (χ4v) is 4.31. The quantitative estimate of drug-likeness (QED) is 0.0887. The molecular weight excluding hydrogens is 594 g/mol. The number of rotatable bonds is 13. The van der Waals surface area contributed by atoms with Gasteiger partial charge in [0.2, 0.25) is 6.79 Å². The first-order valence-corrected chi connectivity index (χ1v) is 14.4. The predicted octanol–water partition coefficient (Wildman–Crippen LogP) is 4.75. The summed E-state index contributed by atoms with van der Waals surface area (Å²) in [7, 11) is 1.44. The topological polar surface area (TPSA) is 192 Å². The molecule has 0 aliphatic heterocycles. The van der Waals surface area contributed by atoms with E-state index in [2.05, 4.69) is 22.2 Å². The first-order valence-electron chi connectivity index (χ1n) is 14.4. The summed E-state index contributed by atoms with van der Waals surface area (Å²) >= 11 is 0. The Morgan fingerprint density at radius 1 is 1.04 bits per heavy atom. The number of anilines is 1. The molecule has 0 unspecified atom stereocenters. The Balaban J connectivity index is 1.75. The smallest absolute Gasteiger partial charge is 0.496 e. The van der Waals surface area contributed by atoms with Crippen LogP contribution in [0.15, 0.2) is 55.1 Å². The lowest BCUT2D eigenvalue weighted by atomic mass is 9.94. The number of nitrogens with two attached hydrogens (primary N) is 1. The van der Waals surface area contributed by atoms with Crippen molar-refractivity contribution >= 4 is 41.5 Å². The molecule has 13 heteroatoms. The van der Waals surface area contributed by atoms with Crippen LogP contribution in [-0.2, 0) is 14.2 Å². The molecule has 4 rings (SSSR count). The van der Waals surface area contributed by atoms with E-state index in [9.17, 15) is 19.2 Å². The van der Waals surface area contributed by atoms with Crippen molar-refractivity contribution in [1.29, 1.82) is 5.41 Å². The highest BCUT2D eigenvalue weighted by Gasteiger charge is 2.26. The van der Waals surface area contributed by atoms with Gasteiger partial charge < -0.3 is 35.3 Å².